The highest BCUT2D eigenvalue weighted by molar-refractivity contribution is 5.82. The Labute approximate surface area is 95.8 Å². The van der Waals surface area contributed by atoms with Crippen LogP contribution in [0.25, 0.3) is 0 Å². The summed E-state index contributed by atoms with van der Waals surface area (Å²) in [5.41, 5.74) is -0.733. The quantitative estimate of drug-likeness (QED) is 0.626. The van der Waals surface area contributed by atoms with E-state index in [2.05, 4.69) is 5.32 Å². The van der Waals surface area contributed by atoms with Crippen molar-refractivity contribution in [2.24, 2.45) is 0 Å². The molecule has 0 aromatic rings. The Hall–Kier alpha value is -0.650. The molecule has 2 unspecified atom stereocenters. The molecule has 0 radical (unpaired) electrons. The molecule has 92 valence electrons. The van der Waals surface area contributed by atoms with Crippen LogP contribution >= 0.6 is 0 Å². The molecule has 5 nitrogen and oxygen atoms in total. The van der Waals surface area contributed by atoms with Crippen LogP contribution in [-0.4, -0.2) is 60.4 Å². The molecule has 2 saturated heterocycles. The molecule has 0 bridgehead atoms. The van der Waals surface area contributed by atoms with Crippen molar-refractivity contribution in [2.45, 2.75) is 31.4 Å². The summed E-state index contributed by atoms with van der Waals surface area (Å²) in [6.45, 7) is 4.80. The van der Waals surface area contributed by atoms with Crippen molar-refractivity contribution in [1.29, 1.82) is 0 Å². The number of hydrogen-bond donors (Lipinski definition) is 2. The Morgan fingerprint density at radius 1 is 1.62 bits per heavy atom. The molecule has 0 aromatic carbocycles. The van der Waals surface area contributed by atoms with Gasteiger partial charge >= 0.3 is 0 Å². The highest BCUT2D eigenvalue weighted by Gasteiger charge is 2.34. The minimum Gasteiger partial charge on any atom is -0.388 e. The van der Waals surface area contributed by atoms with Crippen molar-refractivity contribution < 1.29 is 14.6 Å². The van der Waals surface area contributed by atoms with Gasteiger partial charge in [0.2, 0.25) is 5.91 Å². The van der Waals surface area contributed by atoms with E-state index in [-0.39, 0.29) is 11.9 Å². The summed E-state index contributed by atoms with van der Waals surface area (Å²) in [6, 6.07) is -0.234. The number of rotatable bonds is 1. The normalized spacial score (nSPS) is 36.1. The topological polar surface area (TPSA) is 61.8 Å². The zero-order valence-corrected chi connectivity index (χ0v) is 9.74. The van der Waals surface area contributed by atoms with Crippen molar-refractivity contribution in [1.82, 2.24) is 10.2 Å². The third-order valence-corrected chi connectivity index (χ3v) is 3.21. The maximum Gasteiger partial charge on any atom is 0.242 e. The van der Waals surface area contributed by atoms with Gasteiger partial charge in [-0.2, -0.15) is 0 Å². The fourth-order valence-corrected chi connectivity index (χ4v) is 2.35. The zero-order chi connectivity index (χ0) is 11.6. The molecule has 0 aliphatic carbocycles. The molecule has 16 heavy (non-hydrogen) atoms. The fraction of sp³-hybridized carbons (Fsp3) is 0.909. The smallest absolute Gasteiger partial charge is 0.242 e. The molecule has 2 atom stereocenters. The average molecular weight is 228 g/mol. The van der Waals surface area contributed by atoms with Gasteiger partial charge in [-0.1, -0.05) is 0 Å². The summed E-state index contributed by atoms with van der Waals surface area (Å²) >= 11 is 0. The number of likely N-dealkylation sites (tertiary alicyclic amines) is 1. The minimum absolute atomic E-state index is 0.0553. The van der Waals surface area contributed by atoms with E-state index in [1.165, 1.54) is 0 Å². The number of β-amino-alcohol motifs (C(OH)–C–C–N with tert-alkyl or cyclic N) is 1. The van der Waals surface area contributed by atoms with Crippen LogP contribution in [0.1, 0.15) is 19.8 Å². The molecule has 2 aliphatic heterocycles. The lowest BCUT2D eigenvalue weighted by atomic mass is 9.94. The number of ether oxygens (including phenoxy) is 1. The Bertz CT molecular complexity index is 262. The third kappa shape index (κ3) is 2.72. The van der Waals surface area contributed by atoms with Gasteiger partial charge in [-0.15, -0.1) is 0 Å². The van der Waals surface area contributed by atoms with Gasteiger partial charge in [0.05, 0.1) is 18.8 Å². The highest BCUT2D eigenvalue weighted by Crippen LogP contribution is 2.20. The van der Waals surface area contributed by atoms with Crippen LogP contribution in [0.3, 0.4) is 0 Å². The van der Waals surface area contributed by atoms with Gasteiger partial charge in [0.15, 0.2) is 0 Å². The number of nitrogens with zero attached hydrogens (tertiary/aromatic N) is 1. The van der Waals surface area contributed by atoms with Crippen molar-refractivity contribution >= 4 is 5.91 Å². The van der Waals surface area contributed by atoms with Gasteiger partial charge in [0.1, 0.15) is 6.04 Å². The number of carbonyl (C=O) groups excluding carboxylic acids is 1. The maximum absolute atomic E-state index is 12.1. The molecule has 0 spiro atoms. The predicted octanol–water partition coefficient (Wildman–Crippen LogP) is -0.652. The number of carbonyl (C=O) groups is 1. The molecular formula is C11H20N2O3. The number of aliphatic hydroxyl groups is 1. The van der Waals surface area contributed by atoms with E-state index < -0.39 is 5.60 Å². The molecule has 0 aromatic heterocycles. The predicted molar refractivity (Wildman–Crippen MR) is 59.0 cm³/mol. The molecule has 2 aliphatic rings. The molecule has 2 rings (SSSR count). The van der Waals surface area contributed by atoms with E-state index in [4.69, 9.17) is 4.74 Å². The summed E-state index contributed by atoms with van der Waals surface area (Å²) < 4.78 is 5.27. The largest absolute Gasteiger partial charge is 0.388 e. The monoisotopic (exact) mass is 228 g/mol. The molecule has 2 N–H and O–H groups in total. The summed E-state index contributed by atoms with van der Waals surface area (Å²) in [6.07, 6.45) is 1.64. The fourth-order valence-electron chi connectivity index (χ4n) is 2.35. The Balaban J connectivity index is 1.93. The molecule has 1 amide bonds. The number of hydrogen-bond acceptors (Lipinski definition) is 4. The lowest BCUT2D eigenvalue weighted by molar-refractivity contribution is -0.142. The van der Waals surface area contributed by atoms with Crippen molar-refractivity contribution in [3.05, 3.63) is 0 Å². The molecular weight excluding hydrogens is 208 g/mol. The van der Waals surface area contributed by atoms with Gasteiger partial charge in [-0.25, -0.2) is 0 Å². The van der Waals surface area contributed by atoms with E-state index >= 15 is 0 Å². The number of morpholine rings is 1. The van der Waals surface area contributed by atoms with Gasteiger partial charge in [0, 0.05) is 19.6 Å². The number of piperidine rings is 1. The molecule has 5 heteroatoms. The average Bonchev–Trinajstić information content (AvgIpc) is 2.28. The Morgan fingerprint density at radius 3 is 3.06 bits per heavy atom. The first kappa shape index (κ1) is 11.8. The highest BCUT2D eigenvalue weighted by atomic mass is 16.5. The van der Waals surface area contributed by atoms with E-state index in [1.54, 1.807) is 11.8 Å². The Morgan fingerprint density at radius 2 is 2.44 bits per heavy atom. The minimum atomic E-state index is -0.733. The lowest BCUT2D eigenvalue weighted by Crippen LogP contribution is -2.57. The Kier molecular flexibility index (Phi) is 3.47. The third-order valence-electron chi connectivity index (χ3n) is 3.21. The second kappa shape index (κ2) is 4.69. The first-order valence-electron chi connectivity index (χ1n) is 5.91. The zero-order valence-electron chi connectivity index (χ0n) is 9.74. The van der Waals surface area contributed by atoms with E-state index in [0.717, 1.165) is 25.9 Å². The summed E-state index contributed by atoms with van der Waals surface area (Å²) in [5, 5.41) is 13.1. The van der Waals surface area contributed by atoms with Crippen molar-refractivity contribution in [3.63, 3.8) is 0 Å². The standard InChI is InChI=1S/C11H20N2O3/c1-11(15)3-2-5-13(8-11)10(14)9-7-16-6-4-12-9/h9,12,15H,2-8H2,1H3. The second-order valence-corrected chi connectivity index (χ2v) is 4.94. The summed E-state index contributed by atoms with van der Waals surface area (Å²) in [7, 11) is 0. The van der Waals surface area contributed by atoms with Crippen LogP contribution in [0, 0.1) is 0 Å². The van der Waals surface area contributed by atoms with Crippen LogP contribution in [0.5, 0.6) is 0 Å². The first-order chi connectivity index (χ1) is 7.58. The maximum atomic E-state index is 12.1. The van der Waals surface area contributed by atoms with Crippen molar-refractivity contribution in [2.75, 3.05) is 32.8 Å². The molecule has 0 saturated carbocycles. The van der Waals surface area contributed by atoms with E-state index in [0.29, 0.717) is 19.8 Å². The van der Waals surface area contributed by atoms with Crippen molar-refractivity contribution in [3.8, 4) is 0 Å². The van der Waals surface area contributed by atoms with Gasteiger partial charge in [-0.05, 0) is 19.8 Å². The molecule has 2 heterocycles. The summed E-state index contributed by atoms with van der Waals surface area (Å²) in [5.74, 6) is 0.0553. The van der Waals surface area contributed by atoms with Gasteiger partial charge in [0.25, 0.3) is 0 Å². The lowest BCUT2D eigenvalue weighted by Gasteiger charge is -2.39. The van der Waals surface area contributed by atoms with E-state index in [1.807, 2.05) is 0 Å². The second-order valence-electron chi connectivity index (χ2n) is 4.94. The van der Waals surface area contributed by atoms with E-state index in [9.17, 15) is 9.90 Å². The van der Waals surface area contributed by atoms with Crippen LogP contribution in [0.4, 0.5) is 0 Å². The summed E-state index contributed by atoms with van der Waals surface area (Å²) in [4.78, 5) is 13.9. The van der Waals surface area contributed by atoms with Crippen LogP contribution < -0.4 is 5.32 Å². The number of nitrogens with one attached hydrogen (secondary N) is 1. The van der Waals surface area contributed by atoms with Crippen LogP contribution in [0.15, 0.2) is 0 Å². The van der Waals surface area contributed by atoms with Crippen LogP contribution in [-0.2, 0) is 9.53 Å². The van der Waals surface area contributed by atoms with Gasteiger partial charge < -0.3 is 20.1 Å². The van der Waals surface area contributed by atoms with Gasteiger partial charge in [-0.3, -0.25) is 4.79 Å². The first-order valence-corrected chi connectivity index (χ1v) is 5.91. The molecule has 2 fully saturated rings. The van der Waals surface area contributed by atoms with Crippen LogP contribution in [0.2, 0.25) is 0 Å². The number of amides is 1. The SMILES string of the molecule is CC1(O)CCCN(C(=O)C2COCCN2)C1.